The van der Waals surface area contributed by atoms with Crippen molar-refractivity contribution in [2.75, 3.05) is 0 Å². The zero-order valence-electron chi connectivity index (χ0n) is 7.24. The topological polar surface area (TPSA) is 86.4 Å². The quantitative estimate of drug-likeness (QED) is 0.668. The van der Waals surface area contributed by atoms with Gasteiger partial charge in [-0.25, -0.2) is 0 Å². The molecule has 14 heavy (non-hydrogen) atoms. The maximum atomic E-state index is 10.3. The van der Waals surface area contributed by atoms with E-state index in [2.05, 4.69) is 0 Å². The number of carbonyl (C=O) groups is 1. The van der Waals surface area contributed by atoms with Crippen LogP contribution < -0.4 is 10.8 Å². The number of rotatable bonds is 3. The number of phenols is 1. The third-order valence-electron chi connectivity index (χ3n) is 1.69. The van der Waals surface area contributed by atoms with Crippen LogP contribution in [0.2, 0.25) is 0 Å². The van der Waals surface area contributed by atoms with Crippen LogP contribution in [0.25, 0.3) is 0 Å². The van der Waals surface area contributed by atoms with Gasteiger partial charge in [-0.15, -0.1) is 0 Å². The van der Waals surface area contributed by atoms with Gasteiger partial charge in [-0.1, -0.05) is 12.1 Å². The predicted octanol–water partition coefficient (Wildman–Crippen LogP) is -0.991. The molecule has 1 atom stereocenters. The van der Waals surface area contributed by atoms with Gasteiger partial charge in [0.1, 0.15) is 5.75 Å². The standard InChI is InChI=1S/C9H11NO3.Cu/c10-8(9(12)13)5-6-1-3-7(11)4-2-6;/h1-4,8,11H,5,10H2,(H,12,13);/q;+1/p-1. The summed E-state index contributed by atoms with van der Waals surface area (Å²) in [4.78, 5) is 10.3. The Kier molecular flexibility index (Phi) is 5.23. The zero-order valence-corrected chi connectivity index (χ0v) is 8.18. The number of carboxylic acids is 1. The molecule has 0 saturated carbocycles. The van der Waals surface area contributed by atoms with Crippen LogP contribution in [0.5, 0.6) is 5.75 Å². The van der Waals surface area contributed by atoms with E-state index in [1.807, 2.05) is 0 Å². The molecule has 0 amide bonds. The van der Waals surface area contributed by atoms with Gasteiger partial charge in [-0.2, -0.15) is 0 Å². The molecule has 0 aromatic heterocycles. The summed E-state index contributed by atoms with van der Waals surface area (Å²) in [5.41, 5.74) is 6.02. The van der Waals surface area contributed by atoms with Crippen molar-refractivity contribution in [2.45, 2.75) is 12.5 Å². The molecule has 0 heterocycles. The Morgan fingerprint density at radius 1 is 1.43 bits per heavy atom. The van der Waals surface area contributed by atoms with Crippen molar-refractivity contribution < 1.29 is 32.1 Å². The van der Waals surface area contributed by atoms with Crippen molar-refractivity contribution in [1.82, 2.24) is 0 Å². The fourth-order valence-electron chi connectivity index (χ4n) is 0.969. The Morgan fingerprint density at radius 3 is 2.36 bits per heavy atom. The van der Waals surface area contributed by atoms with E-state index in [4.69, 9.17) is 10.8 Å². The minimum atomic E-state index is -1.27. The number of carboxylic acid groups (broad SMARTS) is 1. The van der Waals surface area contributed by atoms with Crippen LogP contribution in [-0.2, 0) is 28.3 Å². The molecule has 0 fully saturated rings. The molecular weight excluding hydrogens is 234 g/mol. The fraction of sp³-hybridized carbons (Fsp3) is 0.222. The van der Waals surface area contributed by atoms with Crippen molar-refractivity contribution in [3.05, 3.63) is 29.8 Å². The van der Waals surface area contributed by atoms with Crippen LogP contribution >= 0.6 is 0 Å². The van der Waals surface area contributed by atoms with Crippen LogP contribution in [-0.4, -0.2) is 17.1 Å². The Labute approximate surface area is 92.2 Å². The summed E-state index contributed by atoms with van der Waals surface area (Å²) in [6.45, 7) is 0. The summed E-state index contributed by atoms with van der Waals surface area (Å²) in [5.74, 6) is -1.13. The summed E-state index contributed by atoms with van der Waals surface area (Å²) in [6, 6.07) is 5.22. The van der Waals surface area contributed by atoms with E-state index in [0.717, 1.165) is 5.56 Å². The molecule has 0 bridgehead atoms. The van der Waals surface area contributed by atoms with Gasteiger partial charge in [0.05, 0.1) is 5.97 Å². The molecule has 0 aliphatic heterocycles. The van der Waals surface area contributed by atoms with Crippen LogP contribution in [0.4, 0.5) is 0 Å². The average Bonchev–Trinajstić information content (AvgIpc) is 2.08. The molecule has 1 aromatic carbocycles. The molecule has 0 aliphatic rings. The van der Waals surface area contributed by atoms with E-state index >= 15 is 0 Å². The van der Waals surface area contributed by atoms with Crippen molar-refractivity contribution in [3.8, 4) is 5.75 Å². The molecule has 0 spiro atoms. The monoisotopic (exact) mass is 243 g/mol. The molecule has 1 aromatic rings. The maximum absolute atomic E-state index is 10.3. The summed E-state index contributed by atoms with van der Waals surface area (Å²) >= 11 is 0. The van der Waals surface area contributed by atoms with Crippen LogP contribution in [0.15, 0.2) is 24.3 Å². The van der Waals surface area contributed by atoms with Crippen molar-refractivity contribution in [3.63, 3.8) is 0 Å². The van der Waals surface area contributed by atoms with Gasteiger partial charge >= 0.3 is 17.1 Å². The minimum absolute atomic E-state index is 0. The number of hydrogen-bond donors (Lipinski definition) is 2. The first-order valence-electron chi connectivity index (χ1n) is 3.84. The number of aromatic hydroxyl groups is 1. The van der Waals surface area contributed by atoms with Crippen molar-refractivity contribution in [1.29, 1.82) is 0 Å². The number of phenolic OH excluding ortho intramolecular Hbond substituents is 1. The van der Waals surface area contributed by atoms with Crippen LogP contribution in [0, 0.1) is 0 Å². The van der Waals surface area contributed by atoms with Gasteiger partial charge in [-0.05, 0) is 24.1 Å². The molecule has 0 saturated heterocycles. The van der Waals surface area contributed by atoms with Crippen LogP contribution in [0.1, 0.15) is 5.56 Å². The summed E-state index contributed by atoms with van der Waals surface area (Å²) in [6.07, 6.45) is 0.211. The second-order valence-corrected chi connectivity index (χ2v) is 2.80. The van der Waals surface area contributed by atoms with E-state index in [9.17, 15) is 9.90 Å². The number of aliphatic carboxylic acids is 1. The maximum Gasteiger partial charge on any atom is 1.00 e. The van der Waals surface area contributed by atoms with Gasteiger partial charge in [-0.3, -0.25) is 0 Å². The SMILES string of the molecule is NC(Cc1ccc(O)cc1)C(=O)[O-].[Cu+]. The number of carbonyl (C=O) groups excluding carboxylic acids is 1. The average molecular weight is 244 g/mol. The predicted molar refractivity (Wildman–Crippen MR) is 44.8 cm³/mol. The molecule has 3 N–H and O–H groups in total. The van der Waals surface area contributed by atoms with Gasteiger partial charge in [0.15, 0.2) is 0 Å². The summed E-state index contributed by atoms with van der Waals surface area (Å²) in [5, 5.41) is 19.2. The van der Waals surface area contributed by atoms with E-state index in [1.165, 1.54) is 12.1 Å². The first-order chi connectivity index (χ1) is 6.09. The van der Waals surface area contributed by atoms with Gasteiger partial charge in [0.2, 0.25) is 0 Å². The Bertz CT molecular complexity index is 299. The Morgan fingerprint density at radius 2 is 1.93 bits per heavy atom. The number of benzene rings is 1. The largest absolute Gasteiger partial charge is 1.00 e. The minimum Gasteiger partial charge on any atom is -0.548 e. The first-order valence-corrected chi connectivity index (χ1v) is 3.84. The smallest absolute Gasteiger partial charge is 0.548 e. The summed E-state index contributed by atoms with van der Waals surface area (Å²) in [7, 11) is 0. The molecule has 0 radical (unpaired) electrons. The molecule has 5 heteroatoms. The van der Waals surface area contributed by atoms with Gasteiger partial charge in [0.25, 0.3) is 0 Å². The molecule has 0 aliphatic carbocycles. The van der Waals surface area contributed by atoms with Crippen molar-refractivity contribution in [2.24, 2.45) is 5.73 Å². The molecule has 1 unspecified atom stereocenters. The number of hydrogen-bond acceptors (Lipinski definition) is 4. The fourth-order valence-corrected chi connectivity index (χ4v) is 0.969. The normalized spacial score (nSPS) is 11.5. The third-order valence-corrected chi connectivity index (χ3v) is 1.69. The second kappa shape index (κ2) is 5.65. The van der Waals surface area contributed by atoms with Gasteiger partial charge in [0, 0.05) is 6.04 Å². The first kappa shape index (κ1) is 13.0. The molecular formula is C9H10CuNO3. The second-order valence-electron chi connectivity index (χ2n) is 2.80. The van der Waals surface area contributed by atoms with E-state index in [1.54, 1.807) is 12.1 Å². The van der Waals surface area contributed by atoms with E-state index in [0.29, 0.717) is 0 Å². The zero-order chi connectivity index (χ0) is 9.84. The Balaban J connectivity index is 0.00000169. The summed E-state index contributed by atoms with van der Waals surface area (Å²) < 4.78 is 0. The molecule has 1 rings (SSSR count). The molecule has 4 nitrogen and oxygen atoms in total. The van der Waals surface area contributed by atoms with E-state index < -0.39 is 12.0 Å². The van der Waals surface area contributed by atoms with Gasteiger partial charge < -0.3 is 20.7 Å². The number of nitrogens with two attached hydrogens (primary N) is 1. The van der Waals surface area contributed by atoms with Crippen LogP contribution in [0.3, 0.4) is 0 Å². The molecule has 80 valence electrons. The van der Waals surface area contributed by atoms with Crippen molar-refractivity contribution >= 4 is 5.97 Å². The Hall–Kier alpha value is -1.03. The van der Waals surface area contributed by atoms with E-state index in [-0.39, 0.29) is 29.2 Å². The third kappa shape index (κ3) is 3.79.